The minimum Gasteiger partial charge on any atom is -0.377 e. The van der Waals surface area contributed by atoms with Crippen LogP contribution in [-0.2, 0) is 6.54 Å². The molecule has 7 heteroatoms. The van der Waals surface area contributed by atoms with Gasteiger partial charge in [0.25, 0.3) is 5.91 Å². The number of benzene rings is 2. The van der Waals surface area contributed by atoms with E-state index in [1.54, 1.807) is 17.0 Å². The van der Waals surface area contributed by atoms with Crippen LogP contribution in [0.3, 0.4) is 0 Å². The highest BCUT2D eigenvalue weighted by molar-refractivity contribution is 6.04. The molecule has 6 nitrogen and oxygen atoms in total. The maximum atomic E-state index is 13.4. The summed E-state index contributed by atoms with van der Waals surface area (Å²) in [5.74, 6) is -0.853. The van der Waals surface area contributed by atoms with Crippen molar-refractivity contribution in [2.24, 2.45) is 0 Å². The zero-order chi connectivity index (χ0) is 21.6. The molecule has 0 radical (unpaired) electrons. The Hall–Kier alpha value is -3.09. The number of anilines is 2. The molecule has 0 bridgehead atoms. The number of rotatable bonds is 7. The average molecular weight is 400 g/mol. The van der Waals surface area contributed by atoms with Crippen LogP contribution >= 0.6 is 0 Å². The molecule has 0 aliphatic rings. The van der Waals surface area contributed by atoms with Gasteiger partial charge in [0.15, 0.2) is 0 Å². The minimum atomic E-state index is -0.462. The van der Waals surface area contributed by atoms with E-state index in [2.05, 4.69) is 10.6 Å². The lowest BCUT2D eigenvalue weighted by Crippen LogP contribution is -2.43. The summed E-state index contributed by atoms with van der Waals surface area (Å²) in [6.07, 6.45) is 0. The molecule has 3 amide bonds. The van der Waals surface area contributed by atoms with E-state index in [0.29, 0.717) is 18.8 Å². The van der Waals surface area contributed by atoms with Crippen molar-refractivity contribution >= 4 is 23.3 Å². The summed E-state index contributed by atoms with van der Waals surface area (Å²) in [7, 11) is 3.85. The number of nitrogens with zero attached hydrogens (tertiary/aromatic N) is 2. The fourth-order valence-electron chi connectivity index (χ4n) is 2.98. The van der Waals surface area contributed by atoms with E-state index in [0.717, 1.165) is 11.3 Å². The molecule has 0 aliphatic carbocycles. The summed E-state index contributed by atoms with van der Waals surface area (Å²) in [5, 5.41) is 5.64. The van der Waals surface area contributed by atoms with Crippen LogP contribution in [0.25, 0.3) is 0 Å². The first-order valence-electron chi connectivity index (χ1n) is 9.64. The molecule has 156 valence electrons. The van der Waals surface area contributed by atoms with Gasteiger partial charge in [-0.1, -0.05) is 6.07 Å². The fourth-order valence-corrected chi connectivity index (χ4v) is 2.98. The highest BCUT2D eigenvalue weighted by Gasteiger charge is 2.19. The number of urea groups is 1. The lowest BCUT2D eigenvalue weighted by Gasteiger charge is -2.29. The third kappa shape index (κ3) is 5.94. The van der Waals surface area contributed by atoms with Gasteiger partial charge in [-0.25, -0.2) is 9.18 Å². The van der Waals surface area contributed by atoms with E-state index in [4.69, 9.17) is 0 Å². The van der Waals surface area contributed by atoms with Crippen LogP contribution in [0.1, 0.15) is 36.7 Å². The van der Waals surface area contributed by atoms with Crippen LogP contribution in [0, 0.1) is 5.82 Å². The first-order chi connectivity index (χ1) is 13.7. The molecular weight excluding hydrogens is 371 g/mol. The maximum absolute atomic E-state index is 13.4. The van der Waals surface area contributed by atoms with E-state index in [-0.39, 0.29) is 17.6 Å². The molecule has 0 spiro atoms. The van der Waals surface area contributed by atoms with Gasteiger partial charge >= 0.3 is 6.03 Å². The van der Waals surface area contributed by atoms with Crippen molar-refractivity contribution in [2.45, 2.75) is 33.4 Å². The Morgan fingerprint density at radius 2 is 1.83 bits per heavy atom. The van der Waals surface area contributed by atoms with E-state index >= 15 is 0 Å². The van der Waals surface area contributed by atoms with Crippen molar-refractivity contribution in [2.75, 3.05) is 30.9 Å². The molecule has 2 aromatic rings. The molecule has 0 atom stereocenters. The molecule has 0 saturated carbocycles. The normalized spacial score (nSPS) is 10.6. The topological polar surface area (TPSA) is 64.7 Å². The van der Waals surface area contributed by atoms with Gasteiger partial charge in [0.1, 0.15) is 5.82 Å². The zero-order valence-electron chi connectivity index (χ0n) is 17.6. The van der Waals surface area contributed by atoms with Crippen molar-refractivity contribution in [3.8, 4) is 0 Å². The number of hydrogen-bond donors (Lipinski definition) is 2. The number of nitrogens with one attached hydrogen (secondary N) is 2. The monoisotopic (exact) mass is 400 g/mol. The third-order valence-electron chi connectivity index (χ3n) is 4.46. The summed E-state index contributed by atoms with van der Waals surface area (Å²) in [6, 6.07) is 10.9. The number of carbonyl (C=O) groups excluding carboxylic acids is 2. The van der Waals surface area contributed by atoms with E-state index in [9.17, 15) is 14.0 Å². The second kappa shape index (κ2) is 9.91. The van der Waals surface area contributed by atoms with Crippen molar-refractivity contribution in [3.05, 3.63) is 59.4 Å². The van der Waals surface area contributed by atoms with Gasteiger partial charge in [0.2, 0.25) is 0 Å². The third-order valence-corrected chi connectivity index (χ3v) is 4.46. The molecule has 0 unspecified atom stereocenters. The molecule has 29 heavy (non-hydrogen) atoms. The second-order valence-corrected chi connectivity index (χ2v) is 7.26. The number of carbonyl (C=O) groups is 2. The highest BCUT2D eigenvalue weighted by atomic mass is 19.1. The molecular formula is C22H29FN4O2. The Kier molecular flexibility index (Phi) is 7.59. The molecule has 0 aromatic heterocycles. The molecule has 2 N–H and O–H groups in total. The van der Waals surface area contributed by atoms with Gasteiger partial charge in [-0.3, -0.25) is 4.79 Å². The van der Waals surface area contributed by atoms with Crippen LogP contribution in [0.4, 0.5) is 20.6 Å². The summed E-state index contributed by atoms with van der Waals surface area (Å²) in [6.45, 7) is 6.73. The zero-order valence-corrected chi connectivity index (χ0v) is 17.6. The lowest BCUT2D eigenvalue weighted by molar-refractivity contribution is 0.102. The smallest absolute Gasteiger partial charge is 0.317 e. The Morgan fingerprint density at radius 3 is 2.41 bits per heavy atom. The van der Waals surface area contributed by atoms with E-state index in [1.165, 1.54) is 18.2 Å². The molecule has 0 fully saturated rings. The minimum absolute atomic E-state index is 0.00195. The van der Waals surface area contributed by atoms with Gasteiger partial charge in [-0.05, 0) is 62.7 Å². The number of halogens is 1. The van der Waals surface area contributed by atoms with E-state index in [1.807, 2.05) is 51.9 Å². The largest absolute Gasteiger partial charge is 0.377 e. The van der Waals surface area contributed by atoms with Crippen molar-refractivity contribution in [3.63, 3.8) is 0 Å². The molecule has 2 rings (SSSR count). The van der Waals surface area contributed by atoms with Gasteiger partial charge in [-0.2, -0.15) is 0 Å². The summed E-state index contributed by atoms with van der Waals surface area (Å²) in [5.41, 5.74) is 2.67. The van der Waals surface area contributed by atoms with Gasteiger partial charge in [0.05, 0.1) is 0 Å². The SMILES string of the molecule is CCNC(=O)N(Cc1cc(NC(=O)c2cccc(F)c2)ccc1N(C)C)C(C)C. The predicted octanol–water partition coefficient (Wildman–Crippen LogP) is 4.08. The predicted molar refractivity (Wildman–Crippen MR) is 115 cm³/mol. The Labute approximate surface area is 171 Å². The number of amides is 3. The summed E-state index contributed by atoms with van der Waals surface area (Å²) >= 11 is 0. The molecule has 0 aliphatic heterocycles. The van der Waals surface area contributed by atoms with Crippen molar-refractivity contribution in [1.29, 1.82) is 0 Å². The van der Waals surface area contributed by atoms with Crippen LogP contribution in [0.15, 0.2) is 42.5 Å². The Morgan fingerprint density at radius 1 is 1.10 bits per heavy atom. The van der Waals surface area contributed by atoms with Crippen LogP contribution in [0.2, 0.25) is 0 Å². The highest BCUT2D eigenvalue weighted by Crippen LogP contribution is 2.25. The van der Waals surface area contributed by atoms with Gasteiger partial charge < -0.3 is 20.4 Å². The first kappa shape index (κ1) is 22.2. The maximum Gasteiger partial charge on any atom is 0.317 e. The molecule has 0 heterocycles. The van der Waals surface area contributed by atoms with Crippen molar-refractivity contribution in [1.82, 2.24) is 10.2 Å². The Bertz CT molecular complexity index is 868. The second-order valence-electron chi connectivity index (χ2n) is 7.26. The van der Waals surface area contributed by atoms with Crippen LogP contribution in [0.5, 0.6) is 0 Å². The standard InChI is InChI=1S/C22H29FN4O2/c1-6-24-22(29)27(15(2)3)14-17-13-19(10-11-20(17)26(4)5)25-21(28)16-8-7-9-18(23)12-16/h7-13,15H,6,14H2,1-5H3,(H,24,29)(H,25,28). The molecule has 0 saturated heterocycles. The summed E-state index contributed by atoms with van der Waals surface area (Å²) < 4.78 is 13.4. The Balaban J connectivity index is 2.30. The van der Waals surface area contributed by atoms with Gasteiger partial charge in [-0.15, -0.1) is 0 Å². The molecule has 2 aromatic carbocycles. The fraction of sp³-hybridized carbons (Fsp3) is 0.364. The van der Waals surface area contributed by atoms with Gasteiger partial charge in [0, 0.05) is 50.2 Å². The summed E-state index contributed by atoms with van der Waals surface area (Å²) in [4.78, 5) is 28.6. The quantitative estimate of drug-likeness (QED) is 0.736. The van der Waals surface area contributed by atoms with Crippen LogP contribution < -0.4 is 15.5 Å². The first-order valence-corrected chi connectivity index (χ1v) is 9.64. The average Bonchev–Trinajstić information content (AvgIpc) is 2.65. The van der Waals surface area contributed by atoms with E-state index < -0.39 is 11.7 Å². The van der Waals surface area contributed by atoms with Crippen LogP contribution in [-0.4, -0.2) is 43.5 Å². The number of hydrogen-bond acceptors (Lipinski definition) is 3. The van der Waals surface area contributed by atoms with Crippen molar-refractivity contribution < 1.29 is 14.0 Å². The lowest BCUT2D eigenvalue weighted by atomic mass is 10.1.